The molecule has 1 atom stereocenters. The molecule has 1 unspecified atom stereocenters. The summed E-state index contributed by atoms with van der Waals surface area (Å²) in [5, 5.41) is 9.94. The van der Waals surface area contributed by atoms with Gasteiger partial charge in [-0.15, -0.1) is 0 Å². The molecule has 2 rings (SSSR count). The van der Waals surface area contributed by atoms with E-state index in [9.17, 15) is 5.11 Å². The Hall–Kier alpha value is -2.07. The second-order valence-electron chi connectivity index (χ2n) is 4.38. The maximum absolute atomic E-state index is 9.94. The van der Waals surface area contributed by atoms with Gasteiger partial charge < -0.3 is 15.6 Å². The second-order valence-corrected chi connectivity index (χ2v) is 4.38. The van der Waals surface area contributed by atoms with E-state index in [0.29, 0.717) is 25.1 Å². The van der Waals surface area contributed by atoms with Crippen molar-refractivity contribution < 1.29 is 9.84 Å². The number of benzene rings is 1. The molecule has 3 N–H and O–H groups in total. The molecule has 2 aromatic rings. The predicted molar refractivity (Wildman–Crippen MR) is 74.9 cm³/mol. The number of nitrogens with two attached hydrogens (primary N) is 1. The van der Waals surface area contributed by atoms with Crippen LogP contribution < -0.4 is 10.5 Å². The Bertz CT molecular complexity index is 503. The average Bonchev–Trinajstić information content (AvgIpc) is 2.43. The summed E-state index contributed by atoms with van der Waals surface area (Å²) in [6, 6.07) is 11.3. The first-order valence-electron chi connectivity index (χ1n) is 6.30. The van der Waals surface area contributed by atoms with Gasteiger partial charge in [-0.3, -0.25) is 4.98 Å². The summed E-state index contributed by atoms with van der Waals surface area (Å²) >= 11 is 0. The number of hydrogen-bond acceptors (Lipinski definition) is 4. The van der Waals surface area contributed by atoms with Gasteiger partial charge in [0.15, 0.2) is 0 Å². The first-order chi connectivity index (χ1) is 9.25. The molecular weight excluding hydrogens is 240 g/mol. The maximum Gasteiger partial charge on any atom is 0.119 e. The van der Waals surface area contributed by atoms with Gasteiger partial charge in [-0.05, 0) is 23.8 Å². The smallest absolute Gasteiger partial charge is 0.119 e. The predicted octanol–water partition coefficient (Wildman–Crippen LogP) is 2.04. The van der Waals surface area contributed by atoms with Crippen molar-refractivity contribution in [2.24, 2.45) is 0 Å². The Morgan fingerprint density at radius 3 is 2.74 bits per heavy atom. The first-order valence-corrected chi connectivity index (χ1v) is 6.30. The summed E-state index contributed by atoms with van der Waals surface area (Å²) in [6.07, 6.45) is 3.91. The highest BCUT2D eigenvalue weighted by Gasteiger charge is 2.08. The molecule has 0 saturated carbocycles. The molecule has 0 amide bonds. The van der Waals surface area contributed by atoms with Crippen LogP contribution in [0.5, 0.6) is 5.75 Å². The lowest BCUT2D eigenvalue weighted by Crippen LogP contribution is -2.15. The molecule has 1 heterocycles. The fourth-order valence-corrected chi connectivity index (χ4v) is 1.79. The lowest BCUT2D eigenvalue weighted by molar-refractivity contribution is 0.139. The van der Waals surface area contributed by atoms with Crippen LogP contribution in [-0.2, 0) is 6.42 Å². The topological polar surface area (TPSA) is 68.4 Å². The number of nitrogens with zero attached hydrogens (tertiary/aromatic N) is 1. The van der Waals surface area contributed by atoms with Crippen molar-refractivity contribution in [2.45, 2.75) is 18.9 Å². The molecule has 0 aliphatic rings. The SMILES string of the molecule is Nc1ccncc1CC(O)CCOc1ccccc1. The second kappa shape index (κ2) is 6.75. The Kier molecular flexibility index (Phi) is 4.75. The molecule has 100 valence electrons. The van der Waals surface area contributed by atoms with Gasteiger partial charge in [0.1, 0.15) is 5.75 Å². The number of aliphatic hydroxyl groups is 1. The van der Waals surface area contributed by atoms with E-state index in [4.69, 9.17) is 10.5 Å². The molecule has 0 bridgehead atoms. The van der Waals surface area contributed by atoms with Gasteiger partial charge >= 0.3 is 0 Å². The van der Waals surface area contributed by atoms with Gasteiger partial charge in [-0.2, -0.15) is 0 Å². The molecule has 0 radical (unpaired) electrons. The van der Waals surface area contributed by atoms with Crippen molar-refractivity contribution in [2.75, 3.05) is 12.3 Å². The zero-order chi connectivity index (χ0) is 13.5. The monoisotopic (exact) mass is 258 g/mol. The molecule has 1 aromatic carbocycles. The number of aromatic nitrogens is 1. The fourth-order valence-electron chi connectivity index (χ4n) is 1.79. The number of pyridine rings is 1. The van der Waals surface area contributed by atoms with Crippen LogP contribution in [0.1, 0.15) is 12.0 Å². The minimum absolute atomic E-state index is 0.477. The van der Waals surface area contributed by atoms with E-state index in [1.54, 1.807) is 18.5 Å². The molecule has 4 nitrogen and oxygen atoms in total. The van der Waals surface area contributed by atoms with Crippen molar-refractivity contribution >= 4 is 5.69 Å². The fraction of sp³-hybridized carbons (Fsp3) is 0.267. The lowest BCUT2D eigenvalue weighted by atomic mass is 10.1. The summed E-state index contributed by atoms with van der Waals surface area (Å²) in [5.74, 6) is 0.815. The normalized spacial score (nSPS) is 12.1. The van der Waals surface area contributed by atoms with Crippen molar-refractivity contribution in [3.8, 4) is 5.75 Å². The first kappa shape index (κ1) is 13.4. The summed E-state index contributed by atoms with van der Waals surface area (Å²) in [5.41, 5.74) is 7.34. The summed E-state index contributed by atoms with van der Waals surface area (Å²) in [4.78, 5) is 4.00. The third-order valence-electron chi connectivity index (χ3n) is 2.86. The Morgan fingerprint density at radius 2 is 2.00 bits per heavy atom. The third-order valence-corrected chi connectivity index (χ3v) is 2.86. The van der Waals surface area contributed by atoms with E-state index in [0.717, 1.165) is 11.3 Å². The Balaban J connectivity index is 1.76. The van der Waals surface area contributed by atoms with Gasteiger partial charge in [0.25, 0.3) is 0 Å². The molecule has 0 aliphatic carbocycles. The number of aliphatic hydroxyl groups excluding tert-OH is 1. The van der Waals surface area contributed by atoms with Crippen molar-refractivity contribution in [1.82, 2.24) is 4.98 Å². The van der Waals surface area contributed by atoms with Gasteiger partial charge in [0.05, 0.1) is 12.7 Å². The Morgan fingerprint density at radius 1 is 1.21 bits per heavy atom. The molecule has 4 heteroatoms. The number of nitrogen functional groups attached to an aromatic ring is 1. The van der Waals surface area contributed by atoms with E-state index in [1.807, 2.05) is 30.3 Å². The zero-order valence-electron chi connectivity index (χ0n) is 10.7. The average molecular weight is 258 g/mol. The number of para-hydroxylation sites is 1. The molecule has 19 heavy (non-hydrogen) atoms. The van der Waals surface area contributed by atoms with Crippen molar-refractivity contribution in [1.29, 1.82) is 0 Å². The number of ether oxygens (including phenoxy) is 1. The quantitative estimate of drug-likeness (QED) is 0.832. The zero-order valence-corrected chi connectivity index (χ0v) is 10.7. The minimum atomic E-state index is -0.477. The van der Waals surface area contributed by atoms with Crippen molar-refractivity contribution in [3.63, 3.8) is 0 Å². The summed E-state index contributed by atoms with van der Waals surface area (Å²) < 4.78 is 5.54. The van der Waals surface area contributed by atoms with Gasteiger partial charge in [0.2, 0.25) is 0 Å². The standard InChI is InChI=1S/C15H18N2O2/c16-15-6-8-17-11-12(15)10-13(18)7-9-19-14-4-2-1-3-5-14/h1-6,8,11,13,18H,7,9-10H2,(H2,16,17). The van der Waals surface area contributed by atoms with E-state index in [1.165, 1.54) is 0 Å². The van der Waals surface area contributed by atoms with E-state index < -0.39 is 6.10 Å². The minimum Gasteiger partial charge on any atom is -0.493 e. The van der Waals surface area contributed by atoms with Crippen LogP contribution in [0.4, 0.5) is 5.69 Å². The summed E-state index contributed by atoms with van der Waals surface area (Å²) in [7, 11) is 0. The highest BCUT2D eigenvalue weighted by atomic mass is 16.5. The van der Waals surface area contributed by atoms with Crippen LogP contribution in [0.25, 0.3) is 0 Å². The molecule has 0 aliphatic heterocycles. The van der Waals surface area contributed by atoms with Gasteiger partial charge in [-0.25, -0.2) is 0 Å². The highest BCUT2D eigenvalue weighted by molar-refractivity contribution is 5.44. The van der Waals surface area contributed by atoms with Crippen LogP contribution in [0, 0.1) is 0 Å². The van der Waals surface area contributed by atoms with Crippen LogP contribution >= 0.6 is 0 Å². The van der Waals surface area contributed by atoms with Crippen molar-refractivity contribution in [3.05, 3.63) is 54.4 Å². The summed E-state index contributed by atoms with van der Waals surface area (Å²) in [6.45, 7) is 0.478. The molecule has 0 fully saturated rings. The van der Waals surface area contributed by atoms with Gasteiger partial charge in [0, 0.05) is 30.9 Å². The lowest BCUT2D eigenvalue weighted by Gasteiger charge is -2.12. The number of rotatable bonds is 6. The largest absolute Gasteiger partial charge is 0.493 e. The molecule has 0 saturated heterocycles. The molecule has 1 aromatic heterocycles. The maximum atomic E-state index is 9.94. The Labute approximate surface area is 112 Å². The van der Waals surface area contributed by atoms with E-state index in [2.05, 4.69) is 4.98 Å². The van der Waals surface area contributed by atoms with E-state index >= 15 is 0 Å². The van der Waals surface area contributed by atoms with Crippen LogP contribution in [0.15, 0.2) is 48.8 Å². The molecule has 0 spiro atoms. The van der Waals surface area contributed by atoms with Gasteiger partial charge in [-0.1, -0.05) is 18.2 Å². The third kappa shape index (κ3) is 4.26. The highest BCUT2D eigenvalue weighted by Crippen LogP contribution is 2.13. The number of hydrogen-bond donors (Lipinski definition) is 2. The van der Waals surface area contributed by atoms with Crippen LogP contribution in [0.2, 0.25) is 0 Å². The van der Waals surface area contributed by atoms with Crippen LogP contribution in [0.3, 0.4) is 0 Å². The molecular formula is C15H18N2O2. The number of anilines is 1. The van der Waals surface area contributed by atoms with E-state index in [-0.39, 0.29) is 0 Å². The van der Waals surface area contributed by atoms with Crippen LogP contribution in [-0.4, -0.2) is 22.8 Å².